The summed E-state index contributed by atoms with van der Waals surface area (Å²) in [6, 6.07) is 15.4. The van der Waals surface area contributed by atoms with Gasteiger partial charge >= 0.3 is 0 Å². The molecule has 0 saturated heterocycles. The minimum atomic E-state index is -0.305. The highest BCUT2D eigenvalue weighted by molar-refractivity contribution is 7.98. The molecule has 2 N–H and O–H groups in total. The van der Waals surface area contributed by atoms with E-state index in [1.807, 2.05) is 53.1 Å². The molecular formula is C22H24Cl2N4OS. The van der Waals surface area contributed by atoms with Gasteiger partial charge in [0.15, 0.2) is 5.16 Å². The lowest BCUT2D eigenvalue weighted by Gasteiger charge is -2.18. The van der Waals surface area contributed by atoms with Crippen molar-refractivity contribution in [2.75, 3.05) is 0 Å². The lowest BCUT2D eigenvalue weighted by Crippen LogP contribution is -2.15. The van der Waals surface area contributed by atoms with Gasteiger partial charge in [0.25, 0.3) is 0 Å². The van der Waals surface area contributed by atoms with Crippen molar-refractivity contribution in [2.45, 2.75) is 49.4 Å². The molecule has 1 unspecified atom stereocenters. The summed E-state index contributed by atoms with van der Waals surface area (Å²) in [7, 11) is 0. The maximum Gasteiger partial charge on any atom is 0.217 e. The normalized spacial score (nSPS) is 12.1. The number of thioether (sulfide) groups is 1. The Morgan fingerprint density at radius 2 is 1.83 bits per heavy atom. The summed E-state index contributed by atoms with van der Waals surface area (Å²) in [5, 5.41) is 11.1. The van der Waals surface area contributed by atoms with Crippen LogP contribution in [0.1, 0.15) is 49.9 Å². The van der Waals surface area contributed by atoms with Crippen LogP contribution in [0.3, 0.4) is 0 Å². The van der Waals surface area contributed by atoms with Gasteiger partial charge in [-0.05, 0) is 48.7 Å². The molecule has 3 rings (SSSR count). The summed E-state index contributed by atoms with van der Waals surface area (Å²) in [6.45, 7) is 2.12. The van der Waals surface area contributed by atoms with E-state index >= 15 is 0 Å². The molecule has 0 radical (unpaired) electrons. The van der Waals surface area contributed by atoms with Crippen LogP contribution in [-0.2, 0) is 10.5 Å². The Hall–Kier alpha value is -2.02. The van der Waals surface area contributed by atoms with Crippen LogP contribution < -0.4 is 5.73 Å². The molecule has 30 heavy (non-hydrogen) atoms. The van der Waals surface area contributed by atoms with Gasteiger partial charge in [-0.2, -0.15) is 0 Å². The molecule has 1 atom stereocenters. The van der Waals surface area contributed by atoms with Crippen molar-refractivity contribution >= 4 is 40.9 Å². The first-order chi connectivity index (χ1) is 14.5. The van der Waals surface area contributed by atoms with Gasteiger partial charge in [0.1, 0.15) is 5.82 Å². The average Bonchev–Trinajstić information content (AvgIpc) is 3.13. The number of aromatic nitrogens is 3. The summed E-state index contributed by atoms with van der Waals surface area (Å²) in [4.78, 5) is 11.4. The number of primary amides is 1. The van der Waals surface area contributed by atoms with Crippen molar-refractivity contribution in [2.24, 2.45) is 5.73 Å². The van der Waals surface area contributed by atoms with E-state index in [0.717, 1.165) is 35.1 Å². The van der Waals surface area contributed by atoms with Gasteiger partial charge < -0.3 is 5.73 Å². The second-order valence-corrected chi connectivity index (χ2v) is 8.88. The van der Waals surface area contributed by atoms with Crippen LogP contribution in [0.25, 0.3) is 5.69 Å². The minimum Gasteiger partial charge on any atom is -0.370 e. The average molecular weight is 463 g/mol. The second kappa shape index (κ2) is 10.8. The Balaban J connectivity index is 1.96. The molecule has 1 heterocycles. The Morgan fingerprint density at radius 1 is 1.10 bits per heavy atom. The molecule has 0 bridgehead atoms. The predicted molar refractivity (Wildman–Crippen MR) is 123 cm³/mol. The SMILES string of the molecule is CCCC(CCC(N)=O)c1nnc(SCc2cccc(Cl)c2)n1-c1cccc(Cl)c1. The van der Waals surface area contributed by atoms with Crippen molar-refractivity contribution in [1.82, 2.24) is 14.8 Å². The largest absolute Gasteiger partial charge is 0.370 e. The summed E-state index contributed by atoms with van der Waals surface area (Å²) < 4.78 is 2.04. The van der Waals surface area contributed by atoms with Crippen molar-refractivity contribution in [3.8, 4) is 5.69 Å². The summed E-state index contributed by atoms with van der Waals surface area (Å²) in [6.07, 6.45) is 2.82. The quantitative estimate of drug-likeness (QED) is 0.374. The lowest BCUT2D eigenvalue weighted by molar-refractivity contribution is -0.118. The van der Waals surface area contributed by atoms with E-state index in [9.17, 15) is 4.79 Å². The number of benzene rings is 2. The zero-order valence-corrected chi connectivity index (χ0v) is 19.1. The summed E-state index contributed by atoms with van der Waals surface area (Å²) in [5.74, 6) is 1.31. The molecule has 0 fully saturated rings. The molecule has 158 valence electrons. The maximum atomic E-state index is 11.4. The van der Waals surface area contributed by atoms with Crippen LogP contribution in [0, 0.1) is 0 Å². The Kier molecular flexibility index (Phi) is 8.19. The number of nitrogens with two attached hydrogens (primary N) is 1. The van der Waals surface area contributed by atoms with Crippen molar-refractivity contribution in [3.63, 3.8) is 0 Å². The number of carbonyl (C=O) groups is 1. The highest BCUT2D eigenvalue weighted by Crippen LogP contribution is 2.33. The van der Waals surface area contributed by atoms with Crippen LogP contribution in [-0.4, -0.2) is 20.7 Å². The molecular weight excluding hydrogens is 439 g/mol. The lowest BCUT2D eigenvalue weighted by atomic mass is 9.96. The number of halogens is 2. The Bertz CT molecular complexity index is 1010. The topological polar surface area (TPSA) is 73.8 Å². The molecule has 0 aliphatic carbocycles. The summed E-state index contributed by atoms with van der Waals surface area (Å²) >= 11 is 14.0. The van der Waals surface area contributed by atoms with Crippen molar-refractivity contribution in [1.29, 1.82) is 0 Å². The number of amides is 1. The number of hydrogen-bond acceptors (Lipinski definition) is 4. The number of carbonyl (C=O) groups excluding carboxylic acids is 1. The molecule has 0 aliphatic heterocycles. The van der Waals surface area contributed by atoms with Crippen LogP contribution >= 0.6 is 35.0 Å². The third kappa shape index (κ3) is 6.00. The number of rotatable bonds is 10. The molecule has 0 aliphatic rings. The van der Waals surface area contributed by atoms with Gasteiger partial charge in [0.2, 0.25) is 5.91 Å². The Morgan fingerprint density at radius 3 is 2.50 bits per heavy atom. The van der Waals surface area contributed by atoms with E-state index in [4.69, 9.17) is 28.9 Å². The van der Waals surface area contributed by atoms with E-state index in [1.165, 1.54) is 0 Å². The highest BCUT2D eigenvalue weighted by atomic mass is 35.5. The maximum absolute atomic E-state index is 11.4. The van der Waals surface area contributed by atoms with Crippen LogP contribution in [0.2, 0.25) is 10.0 Å². The predicted octanol–water partition coefficient (Wildman–Crippen LogP) is 6.02. The van der Waals surface area contributed by atoms with Gasteiger partial charge in [-0.3, -0.25) is 9.36 Å². The number of nitrogens with zero attached hydrogens (tertiary/aromatic N) is 3. The third-order valence-electron chi connectivity index (χ3n) is 4.72. The van der Waals surface area contributed by atoms with E-state index in [1.54, 1.807) is 11.8 Å². The van der Waals surface area contributed by atoms with Gasteiger partial charge in [-0.1, -0.05) is 66.5 Å². The fourth-order valence-corrected chi connectivity index (χ4v) is 4.64. The minimum absolute atomic E-state index is 0.0782. The number of hydrogen-bond donors (Lipinski definition) is 1. The molecule has 2 aromatic carbocycles. The van der Waals surface area contributed by atoms with E-state index in [-0.39, 0.29) is 11.8 Å². The van der Waals surface area contributed by atoms with Crippen LogP contribution in [0.5, 0.6) is 0 Å². The Labute approximate surface area is 191 Å². The van der Waals surface area contributed by atoms with E-state index in [2.05, 4.69) is 17.1 Å². The van der Waals surface area contributed by atoms with Gasteiger partial charge in [-0.15, -0.1) is 10.2 Å². The molecule has 1 amide bonds. The van der Waals surface area contributed by atoms with E-state index in [0.29, 0.717) is 28.6 Å². The second-order valence-electron chi connectivity index (χ2n) is 7.07. The fraction of sp³-hybridized carbons (Fsp3) is 0.318. The van der Waals surface area contributed by atoms with Gasteiger partial charge in [0, 0.05) is 28.1 Å². The fourth-order valence-electron chi connectivity index (χ4n) is 3.34. The first-order valence-electron chi connectivity index (χ1n) is 9.84. The van der Waals surface area contributed by atoms with Gasteiger partial charge in [-0.25, -0.2) is 0 Å². The first kappa shape index (κ1) is 22.7. The van der Waals surface area contributed by atoms with Crippen molar-refractivity contribution in [3.05, 3.63) is 70.0 Å². The smallest absolute Gasteiger partial charge is 0.217 e. The highest BCUT2D eigenvalue weighted by Gasteiger charge is 2.23. The molecule has 0 saturated carbocycles. The first-order valence-corrected chi connectivity index (χ1v) is 11.6. The standard InChI is InChI=1S/C22H24Cl2N4OS/c1-2-5-16(10-11-20(25)29)21-26-27-22(28(21)19-9-4-8-18(24)13-19)30-14-15-6-3-7-17(23)12-15/h3-4,6-9,12-13,16H,2,5,10-11,14H2,1H3,(H2,25,29). The summed E-state index contributed by atoms with van der Waals surface area (Å²) in [5.41, 5.74) is 7.40. The van der Waals surface area contributed by atoms with Crippen molar-refractivity contribution < 1.29 is 4.79 Å². The van der Waals surface area contributed by atoms with Gasteiger partial charge in [0.05, 0.1) is 5.69 Å². The molecule has 0 spiro atoms. The van der Waals surface area contributed by atoms with Crippen LogP contribution in [0.4, 0.5) is 0 Å². The monoisotopic (exact) mass is 462 g/mol. The molecule has 5 nitrogen and oxygen atoms in total. The molecule has 3 aromatic rings. The third-order valence-corrected chi connectivity index (χ3v) is 6.19. The molecule has 8 heteroatoms. The zero-order valence-electron chi connectivity index (χ0n) is 16.7. The zero-order chi connectivity index (χ0) is 21.5. The van der Waals surface area contributed by atoms with E-state index < -0.39 is 0 Å². The van der Waals surface area contributed by atoms with Crippen LogP contribution in [0.15, 0.2) is 53.7 Å². The molecule has 1 aromatic heterocycles.